The fraction of sp³-hybridized carbons (Fsp3) is 0.429. The number of likely N-dealkylation sites (N-methyl/N-ethyl adjacent to an activating group) is 1. The number of amides is 2. The van der Waals surface area contributed by atoms with Crippen LogP contribution in [0.2, 0.25) is 0 Å². The summed E-state index contributed by atoms with van der Waals surface area (Å²) in [5.74, 6) is 0.121. The second kappa shape index (κ2) is 6.22. The van der Waals surface area contributed by atoms with Crippen LogP contribution in [0.3, 0.4) is 0 Å². The van der Waals surface area contributed by atoms with E-state index in [-0.39, 0.29) is 18.6 Å². The third-order valence-corrected chi connectivity index (χ3v) is 3.16. The van der Waals surface area contributed by atoms with E-state index in [1.54, 1.807) is 11.9 Å². The Morgan fingerprint density at radius 2 is 2.16 bits per heavy atom. The molecule has 5 heteroatoms. The molecule has 1 atom stereocenters. The topological polar surface area (TPSA) is 58.6 Å². The van der Waals surface area contributed by atoms with Gasteiger partial charge in [-0.1, -0.05) is 30.3 Å². The molecule has 19 heavy (non-hydrogen) atoms. The average molecular weight is 262 g/mol. The summed E-state index contributed by atoms with van der Waals surface area (Å²) in [7, 11) is 1.74. The normalized spacial score (nSPS) is 19.1. The van der Waals surface area contributed by atoms with Gasteiger partial charge in [-0.3, -0.25) is 4.79 Å². The molecule has 2 amide bonds. The van der Waals surface area contributed by atoms with Gasteiger partial charge in [-0.2, -0.15) is 0 Å². The lowest BCUT2D eigenvalue weighted by Gasteiger charge is -2.29. The van der Waals surface area contributed by atoms with Crippen molar-refractivity contribution in [1.29, 1.82) is 0 Å². The van der Waals surface area contributed by atoms with E-state index in [1.807, 2.05) is 30.3 Å². The zero-order valence-electron chi connectivity index (χ0n) is 11.0. The molecule has 0 saturated carbocycles. The highest BCUT2D eigenvalue weighted by atomic mass is 16.5. The Morgan fingerprint density at radius 3 is 2.84 bits per heavy atom. The molecule has 1 aliphatic heterocycles. The summed E-state index contributed by atoms with van der Waals surface area (Å²) < 4.78 is 5.14. The number of likely N-dealkylation sites (tertiary alicyclic amines) is 1. The molecule has 2 rings (SSSR count). The van der Waals surface area contributed by atoms with Crippen LogP contribution >= 0.6 is 0 Å². The molecule has 1 saturated heterocycles. The van der Waals surface area contributed by atoms with Crippen molar-refractivity contribution in [2.45, 2.75) is 25.5 Å². The van der Waals surface area contributed by atoms with Gasteiger partial charge in [-0.15, -0.1) is 0 Å². The molecular weight excluding hydrogens is 244 g/mol. The molecule has 0 spiro atoms. The van der Waals surface area contributed by atoms with Crippen LogP contribution in [-0.2, 0) is 16.1 Å². The van der Waals surface area contributed by atoms with Gasteiger partial charge in [-0.05, 0) is 12.0 Å². The van der Waals surface area contributed by atoms with Crippen molar-refractivity contribution in [1.82, 2.24) is 10.2 Å². The maximum absolute atomic E-state index is 11.6. The monoisotopic (exact) mass is 262 g/mol. The van der Waals surface area contributed by atoms with Crippen LogP contribution < -0.4 is 5.32 Å². The highest BCUT2D eigenvalue weighted by molar-refractivity contribution is 5.77. The Balaban J connectivity index is 1.74. The molecule has 0 bridgehead atoms. The fourth-order valence-corrected chi connectivity index (χ4v) is 2.06. The first-order valence-electron chi connectivity index (χ1n) is 6.36. The van der Waals surface area contributed by atoms with Crippen LogP contribution in [-0.4, -0.2) is 36.5 Å². The molecule has 0 aromatic heterocycles. The van der Waals surface area contributed by atoms with Gasteiger partial charge in [0, 0.05) is 20.0 Å². The fourth-order valence-electron chi connectivity index (χ4n) is 2.06. The Morgan fingerprint density at radius 1 is 1.42 bits per heavy atom. The number of hydrogen-bond acceptors (Lipinski definition) is 3. The number of benzene rings is 1. The number of nitrogens with one attached hydrogen (secondary N) is 1. The lowest BCUT2D eigenvalue weighted by Crippen LogP contribution is -2.48. The van der Waals surface area contributed by atoms with Crippen molar-refractivity contribution in [2.24, 2.45) is 0 Å². The van der Waals surface area contributed by atoms with Crippen LogP contribution in [0, 0.1) is 0 Å². The minimum Gasteiger partial charge on any atom is -0.445 e. The molecule has 1 fully saturated rings. The van der Waals surface area contributed by atoms with E-state index in [1.165, 1.54) is 0 Å². The molecule has 1 unspecified atom stereocenters. The number of carbonyl (C=O) groups is 2. The molecule has 0 aliphatic carbocycles. The van der Waals surface area contributed by atoms with E-state index in [0.29, 0.717) is 19.4 Å². The van der Waals surface area contributed by atoms with Gasteiger partial charge in [0.1, 0.15) is 6.61 Å². The van der Waals surface area contributed by atoms with Crippen molar-refractivity contribution in [3.63, 3.8) is 0 Å². The quantitative estimate of drug-likeness (QED) is 0.898. The van der Waals surface area contributed by atoms with Gasteiger partial charge in [-0.25, -0.2) is 4.79 Å². The minimum absolute atomic E-state index is 0.0222. The van der Waals surface area contributed by atoms with Crippen molar-refractivity contribution in [3.8, 4) is 0 Å². The number of piperidine rings is 1. The van der Waals surface area contributed by atoms with Crippen LogP contribution in [0.15, 0.2) is 30.3 Å². The number of rotatable bonds is 3. The Labute approximate surface area is 112 Å². The average Bonchev–Trinajstić information content (AvgIpc) is 2.42. The number of alkyl carbamates (subject to hydrolysis) is 1. The van der Waals surface area contributed by atoms with E-state index in [9.17, 15) is 9.59 Å². The van der Waals surface area contributed by atoms with Gasteiger partial charge in [0.05, 0.1) is 6.04 Å². The lowest BCUT2D eigenvalue weighted by molar-refractivity contribution is -0.132. The van der Waals surface area contributed by atoms with Crippen LogP contribution in [0.4, 0.5) is 4.79 Å². The Hall–Kier alpha value is -2.04. The van der Waals surface area contributed by atoms with Gasteiger partial charge >= 0.3 is 6.09 Å². The molecule has 1 heterocycles. The van der Waals surface area contributed by atoms with E-state index in [2.05, 4.69) is 5.32 Å². The van der Waals surface area contributed by atoms with E-state index in [4.69, 9.17) is 4.74 Å². The zero-order chi connectivity index (χ0) is 13.7. The second-order valence-electron chi connectivity index (χ2n) is 4.72. The summed E-state index contributed by atoms with van der Waals surface area (Å²) >= 11 is 0. The minimum atomic E-state index is -0.434. The van der Waals surface area contributed by atoms with Crippen LogP contribution in [0.1, 0.15) is 18.4 Å². The van der Waals surface area contributed by atoms with Crippen molar-refractivity contribution in [2.75, 3.05) is 13.6 Å². The SMILES string of the molecule is CN1CC(NC(=O)OCc2ccccc2)CCC1=O. The number of hydrogen-bond donors (Lipinski definition) is 1. The Kier molecular flexibility index (Phi) is 4.39. The Bertz CT molecular complexity index is 447. The number of nitrogens with zero attached hydrogens (tertiary/aromatic N) is 1. The van der Waals surface area contributed by atoms with Crippen LogP contribution in [0.25, 0.3) is 0 Å². The van der Waals surface area contributed by atoms with Crippen LogP contribution in [0.5, 0.6) is 0 Å². The highest BCUT2D eigenvalue weighted by Gasteiger charge is 2.24. The predicted molar refractivity (Wildman–Crippen MR) is 70.4 cm³/mol. The third-order valence-electron chi connectivity index (χ3n) is 3.16. The maximum atomic E-state index is 11.6. The van der Waals surface area contributed by atoms with Gasteiger partial charge in [0.15, 0.2) is 0 Å². The van der Waals surface area contributed by atoms with E-state index in [0.717, 1.165) is 5.56 Å². The summed E-state index contributed by atoms with van der Waals surface area (Å²) in [4.78, 5) is 24.6. The molecule has 5 nitrogen and oxygen atoms in total. The van der Waals surface area contributed by atoms with Crippen molar-refractivity contribution in [3.05, 3.63) is 35.9 Å². The maximum Gasteiger partial charge on any atom is 0.407 e. The van der Waals surface area contributed by atoms with Crippen molar-refractivity contribution < 1.29 is 14.3 Å². The summed E-state index contributed by atoms with van der Waals surface area (Å²) in [6.07, 6.45) is 0.709. The van der Waals surface area contributed by atoms with Crippen molar-refractivity contribution >= 4 is 12.0 Å². The summed E-state index contributed by atoms with van der Waals surface area (Å²) in [6.45, 7) is 0.799. The second-order valence-corrected chi connectivity index (χ2v) is 4.72. The van der Waals surface area contributed by atoms with Gasteiger partial charge < -0.3 is 15.0 Å². The lowest BCUT2D eigenvalue weighted by atomic mass is 10.1. The molecule has 0 radical (unpaired) electrons. The molecule has 1 aromatic rings. The number of carbonyl (C=O) groups excluding carboxylic acids is 2. The first-order valence-corrected chi connectivity index (χ1v) is 6.36. The third kappa shape index (κ3) is 3.98. The smallest absolute Gasteiger partial charge is 0.407 e. The first kappa shape index (κ1) is 13.4. The zero-order valence-corrected chi connectivity index (χ0v) is 11.0. The number of ether oxygens (including phenoxy) is 1. The molecule has 102 valence electrons. The predicted octanol–water partition coefficient (Wildman–Crippen LogP) is 1.53. The van der Waals surface area contributed by atoms with E-state index < -0.39 is 6.09 Å². The van der Waals surface area contributed by atoms with Gasteiger partial charge in [0.2, 0.25) is 5.91 Å². The highest BCUT2D eigenvalue weighted by Crippen LogP contribution is 2.10. The summed E-state index contributed by atoms with van der Waals surface area (Å²) in [5.41, 5.74) is 0.952. The molecular formula is C14H18N2O3. The molecule has 1 aliphatic rings. The summed E-state index contributed by atoms with van der Waals surface area (Å²) in [5, 5.41) is 2.79. The largest absolute Gasteiger partial charge is 0.445 e. The summed E-state index contributed by atoms with van der Waals surface area (Å²) in [6, 6.07) is 9.50. The molecule has 1 N–H and O–H groups in total. The molecule has 1 aromatic carbocycles. The van der Waals surface area contributed by atoms with Gasteiger partial charge in [0.25, 0.3) is 0 Å². The van der Waals surface area contributed by atoms with E-state index >= 15 is 0 Å². The first-order chi connectivity index (χ1) is 9.15. The standard InChI is InChI=1S/C14H18N2O3/c1-16-9-12(7-8-13(16)17)15-14(18)19-10-11-5-3-2-4-6-11/h2-6,12H,7-10H2,1H3,(H,15,18).